The van der Waals surface area contributed by atoms with Crippen LogP contribution in [0.3, 0.4) is 0 Å². The van der Waals surface area contributed by atoms with Crippen molar-refractivity contribution in [3.05, 3.63) is 34.9 Å². The molecule has 20 heavy (non-hydrogen) atoms. The van der Waals surface area contributed by atoms with E-state index in [0.29, 0.717) is 11.1 Å². The Balaban J connectivity index is 2.03. The Morgan fingerprint density at radius 2 is 2.10 bits per heavy atom. The number of hydrogen-bond acceptors (Lipinski definition) is 2. The number of carbonyl (C=O) groups excluding carboxylic acids is 1. The van der Waals surface area contributed by atoms with Crippen molar-refractivity contribution in [2.75, 3.05) is 0 Å². The Bertz CT molecular complexity index is 583. The summed E-state index contributed by atoms with van der Waals surface area (Å²) in [6.07, 6.45) is -4.80. The fourth-order valence-electron chi connectivity index (χ4n) is 2.02. The monoisotopic (exact) mass is 282 g/mol. The second-order valence-electron chi connectivity index (χ2n) is 5.02. The number of alkyl halides is 3. The minimum Gasteiger partial charge on any atom is -0.351 e. The third-order valence-corrected chi connectivity index (χ3v) is 3.60. The molecule has 0 aliphatic heterocycles. The van der Waals surface area contributed by atoms with Crippen LogP contribution in [0.25, 0.3) is 0 Å². The molecule has 0 bridgehead atoms. The first-order chi connectivity index (χ1) is 9.30. The van der Waals surface area contributed by atoms with Gasteiger partial charge in [0.15, 0.2) is 0 Å². The molecular formula is C14H13F3N2O. The van der Waals surface area contributed by atoms with Crippen LogP contribution >= 0.6 is 0 Å². The summed E-state index contributed by atoms with van der Waals surface area (Å²) < 4.78 is 38.2. The van der Waals surface area contributed by atoms with Crippen molar-refractivity contribution in [3.63, 3.8) is 0 Å². The molecule has 0 aromatic heterocycles. The zero-order valence-electron chi connectivity index (χ0n) is 10.8. The summed E-state index contributed by atoms with van der Waals surface area (Å²) in [5.41, 5.74) is -0.348. The highest BCUT2D eigenvalue weighted by Gasteiger charge is 2.68. The van der Waals surface area contributed by atoms with Crippen LogP contribution in [0.2, 0.25) is 0 Å². The largest absolute Gasteiger partial charge is 0.403 e. The van der Waals surface area contributed by atoms with E-state index in [1.165, 1.54) is 0 Å². The Labute approximate surface area is 114 Å². The number of rotatable bonds is 3. The number of nitrogens with one attached hydrogen (secondary N) is 1. The minimum atomic E-state index is -4.50. The highest BCUT2D eigenvalue weighted by Crippen LogP contribution is 2.57. The van der Waals surface area contributed by atoms with Gasteiger partial charge < -0.3 is 5.32 Å². The van der Waals surface area contributed by atoms with Gasteiger partial charge in [0.1, 0.15) is 5.41 Å². The van der Waals surface area contributed by atoms with E-state index in [9.17, 15) is 18.0 Å². The predicted molar refractivity (Wildman–Crippen MR) is 65.5 cm³/mol. The number of benzene rings is 1. The lowest BCUT2D eigenvalue weighted by molar-refractivity contribution is -0.192. The van der Waals surface area contributed by atoms with E-state index >= 15 is 0 Å². The third kappa shape index (κ3) is 2.48. The SMILES string of the molecule is Cc1ccc(CNC(=O)C2(C(F)(F)F)CC2)cc1C#N. The fraction of sp³-hybridized carbons (Fsp3) is 0.429. The second-order valence-corrected chi connectivity index (χ2v) is 5.02. The molecule has 1 fully saturated rings. The highest BCUT2D eigenvalue weighted by atomic mass is 19.4. The first kappa shape index (κ1) is 14.4. The van der Waals surface area contributed by atoms with E-state index in [1.54, 1.807) is 25.1 Å². The molecule has 3 nitrogen and oxygen atoms in total. The third-order valence-electron chi connectivity index (χ3n) is 3.60. The summed E-state index contributed by atoms with van der Waals surface area (Å²) >= 11 is 0. The van der Waals surface area contributed by atoms with Crippen LogP contribution in [-0.2, 0) is 11.3 Å². The van der Waals surface area contributed by atoms with Gasteiger partial charge in [-0.05, 0) is 37.0 Å². The van der Waals surface area contributed by atoms with Crippen LogP contribution in [0.1, 0.15) is 29.5 Å². The lowest BCUT2D eigenvalue weighted by atomic mass is 10.0. The predicted octanol–water partition coefficient (Wildman–Crippen LogP) is 2.83. The molecule has 0 spiro atoms. The van der Waals surface area contributed by atoms with E-state index < -0.39 is 17.5 Å². The molecule has 0 heterocycles. The van der Waals surface area contributed by atoms with Crippen molar-refractivity contribution in [1.82, 2.24) is 5.32 Å². The van der Waals surface area contributed by atoms with Crippen LogP contribution in [0.4, 0.5) is 13.2 Å². The summed E-state index contributed by atoms with van der Waals surface area (Å²) in [5.74, 6) is -0.982. The zero-order chi connectivity index (χ0) is 15.0. The van der Waals surface area contributed by atoms with Gasteiger partial charge in [-0.1, -0.05) is 12.1 Å². The van der Waals surface area contributed by atoms with Crippen molar-refractivity contribution < 1.29 is 18.0 Å². The Morgan fingerprint density at radius 3 is 2.60 bits per heavy atom. The van der Waals surface area contributed by atoms with Gasteiger partial charge in [-0.3, -0.25) is 4.79 Å². The standard InChI is InChI=1S/C14H13F3N2O/c1-9-2-3-10(6-11(9)7-18)8-19-12(20)13(4-5-13)14(15,16)17/h2-3,6H,4-5,8H2,1H3,(H,19,20). The molecule has 1 aromatic rings. The second kappa shape index (κ2) is 4.82. The number of amides is 1. The van der Waals surface area contributed by atoms with Crippen molar-refractivity contribution in [2.45, 2.75) is 32.5 Å². The van der Waals surface area contributed by atoms with Crippen LogP contribution < -0.4 is 5.32 Å². The van der Waals surface area contributed by atoms with Gasteiger partial charge in [0.05, 0.1) is 11.6 Å². The molecule has 106 valence electrons. The van der Waals surface area contributed by atoms with Crippen molar-refractivity contribution in [3.8, 4) is 6.07 Å². The number of hydrogen-bond donors (Lipinski definition) is 1. The maximum atomic E-state index is 12.7. The van der Waals surface area contributed by atoms with E-state index in [-0.39, 0.29) is 19.4 Å². The summed E-state index contributed by atoms with van der Waals surface area (Å²) in [4.78, 5) is 11.7. The van der Waals surface area contributed by atoms with Gasteiger partial charge in [0.25, 0.3) is 0 Å². The van der Waals surface area contributed by atoms with Gasteiger partial charge in [0, 0.05) is 6.54 Å². The molecule has 1 amide bonds. The fourth-order valence-corrected chi connectivity index (χ4v) is 2.02. The lowest BCUT2D eigenvalue weighted by Crippen LogP contribution is -2.40. The molecule has 1 saturated carbocycles. The average molecular weight is 282 g/mol. The topological polar surface area (TPSA) is 52.9 Å². The van der Waals surface area contributed by atoms with Gasteiger partial charge in [-0.15, -0.1) is 0 Å². The van der Waals surface area contributed by atoms with Crippen LogP contribution in [-0.4, -0.2) is 12.1 Å². The van der Waals surface area contributed by atoms with E-state index in [0.717, 1.165) is 5.56 Å². The van der Waals surface area contributed by atoms with Crippen molar-refractivity contribution >= 4 is 5.91 Å². The molecular weight excluding hydrogens is 269 g/mol. The summed E-state index contributed by atoms with van der Waals surface area (Å²) in [7, 11) is 0. The van der Waals surface area contributed by atoms with Crippen molar-refractivity contribution in [1.29, 1.82) is 5.26 Å². The lowest BCUT2D eigenvalue weighted by Gasteiger charge is -2.18. The molecule has 2 rings (SSSR count). The molecule has 0 unspecified atom stereocenters. The summed E-state index contributed by atoms with van der Waals surface area (Å²) in [5, 5.41) is 11.2. The molecule has 0 radical (unpaired) electrons. The van der Waals surface area contributed by atoms with Crippen molar-refractivity contribution in [2.24, 2.45) is 5.41 Å². The van der Waals surface area contributed by atoms with Gasteiger partial charge in [-0.25, -0.2) is 0 Å². The van der Waals surface area contributed by atoms with Gasteiger partial charge in [0.2, 0.25) is 5.91 Å². The minimum absolute atomic E-state index is 0.00831. The molecule has 0 saturated heterocycles. The smallest absolute Gasteiger partial charge is 0.351 e. The first-order valence-electron chi connectivity index (χ1n) is 6.15. The van der Waals surface area contributed by atoms with Crippen LogP contribution in [0.5, 0.6) is 0 Å². The molecule has 1 N–H and O–H groups in total. The zero-order valence-corrected chi connectivity index (χ0v) is 10.8. The Hall–Kier alpha value is -2.03. The molecule has 1 aromatic carbocycles. The summed E-state index contributed by atoms with van der Waals surface area (Å²) in [6, 6.07) is 6.96. The maximum Gasteiger partial charge on any atom is 0.403 e. The number of aryl methyl sites for hydroxylation is 1. The number of nitriles is 1. The Morgan fingerprint density at radius 1 is 1.45 bits per heavy atom. The first-order valence-corrected chi connectivity index (χ1v) is 6.15. The average Bonchev–Trinajstić information content (AvgIpc) is 3.18. The van der Waals surface area contributed by atoms with Crippen LogP contribution in [0, 0.1) is 23.7 Å². The normalized spacial score (nSPS) is 16.4. The molecule has 0 atom stereocenters. The maximum absolute atomic E-state index is 12.7. The number of nitrogens with zero attached hydrogens (tertiary/aromatic N) is 1. The summed E-state index contributed by atoms with van der Waals surface area (Å²) in [6.45, 7) is 1.76. The molecule has 1 aliphatic rings. The van der Waals surface area contributed by atoms with Gasteiger partial charge in [-0.2, -0.15) is 18.4 Å². The molecule has 6 heteroatoms. The number of carbonyl (C=O) groups is 1. The van der Waals surface area contributed by atoms with E-state index in [4.69, 9.17) is 5.26 Å². The molecule has 1 aliphatic carbocycles. The number of halogens is 3. The quantitative estimate of drug-likeness (QED) is 0.926. The van der Waals surface area contributed by atoms with Gasteiger partial charge >= 0.3 is 6.18 Å². The van der Waals surface area contributed by atoms with E-state index in [2.05, 4.69) is 5.32 Å². The van der Waals surface area contributed by atoms with E-state index in [1.807, 2.05) is 6.07 Å². The van der Waals surface area contributed by atoms with Crippen LogP contribution in [0.15, 0.2) is 18.2 Å². The Kier molecular flexibility index (Phi) is 3.46. The highest BCUT2D eigenvalue weighted by molar-refractivity contribution is 5.86.